The van der Waals surface area contributed by atoms with Crippen LogP contribution in [0.25, 0.3) is 11.0 Å². The van der Waals surface area contributed by atoms with Crippen LogP contribution < -0.4 is 5.32 Å². The monoisotopic (exact) mass is 385 g/mol. The highest BCUT2D eigenvalue weighted by atomic mass is 19.4. The first-order valence-corrected chi connectivity index (χ1v) is 8.75. The molecule has 144 valence electrons. The second-order valence-electron chi connectivity index (χ2n) is 6.11. The fourth-order valence-electron chi connectivity index (χ4n) is 2.83. The Hall–Kier alpha value is -3.27. The Morgan fingerprint density at radius 2 is 1.96 bits per heavy atom. The van der Waals surface area contributed by atoms with Crippen molar-refractivity contribution in [2.24, 2.45) is 0 Å². The third-order valence-corrected chi connectivity index (χ3v) is 4.15. The summed E-state index contributed by atoms with van der Waals surface area (Å²) in [7, 11) is 0. The fourth-order valence-corrected chi connectivity index (χ4v) is 2.83. The van der Waals surface area contributed by atoms with Crippen LogP contribution in [-0.2, 0) is 23.9 Å². The molecule has 0 radical (unpaired) electrons. The number of benzene rings is 2. The molecular formula is C21H18F3N3O. The van der Waals surface area contributed by atoms with E-state index < -0.39 is 11.7 Å². The van der Waals surface area contributed by atoms with Gasteiger partial charge in [-0.1, -0.05) is 37.0 Å². The highest BCUT2D eigenvalue weighted by Crippen LogP contribution is 2.29. The summed E-state index contributed by atoms with van der Waals surface area (Å²) in [6, 6.07) is 12.4. The number of nitrogens with zero attached hydrogens (tertiary/aromatic N) is 2. The first-order chi connectivity index (χ1) is 13.4. The number of alkyl halides is 3. The average molecular weight is 385 g/mol. The number of para-hydroxylation sites is 2. The van der Waals surface area contributed by atoms with Crippen LogP contribution in [0.15, 0.2) is 48.5 Å². The Labute approximate surface area is 160 Å². The number of fused-ring (bicyclic) bond motifs is 1. The standard InChI is InChI=1S/C21H18F3N3O/c1-2-19-26-17-10-3-4-11-18(17)27(19)14-20(28)25-12-6-8-15-7-5-9-16(13-15)21(22,23)24/h3-5,7,9-11,13H,2,12,14H2,1H3,(H,25,28). The number of nitrogens with one attached hydrogen (secondary N) is 1. The van der Waals surface area contributed by atoms with Gasteiger partial charge in [-0.05, 0) is 30.3 Å². The number of hydrogen-bond donors (Lipinski definition) is 1. The van der Waals surface area contributed by atoms with Gasteiger partial charge < -0.3 is 9.88 Å². The van der Waals surface area contributed by atoms with Crippen LogP contribution in [0.4, 0.5) is 13.2 Å². The van der Waals surface area contributed by atoms with Gasteiger partial charge in [0.15, 0.2) is 0 Å². The van der Waals surface area contributed by atoms with E-state index in [0.717, 1.165) is 29.0 Å². The Morgan fingerprint density at radius 3 is 2.71 bits per heavy atom. The van der Waals surface area contributed by atoms with E-state index in [4.69, 9.17) is 0 Å². The van der Waals surface area contributed by atoms with E-state index in [9.17, 15) is 18.0 Å². The minimum atomic E-state index is -4.41. The molecule has 0 atom stereocenters. The third kappa shape index (κ3) is 4.52. The Kier molecular flexibility index (Phi) is 5.69. The van der Waals surface area contributed by atoms with Crippen molar-refractivity contribution in [3.63, 3.8) is 0 Å². The maximum Gasteiger partial charge on any atom is 0.416 e. The molecule has 0 saturated heterocycles. The summed E-state index contributed by atoms with van der Waals surface area (Å²) in [5.41, 5.74) is 1.21. The van der Waals surface area contributed by atoms with Gasteiger partial charge in [0.05, 0.1) is 23.1 Å². The van der Waals surface area contributed by atoms with Gasteiger partial charge in [-0.2, -0.15) is 13.2 Å². The molecule has 2 aromatic carbocycles. The number of carbonyl (C=O) groups excluding carboxylic acids is 1. The number of rotatable bonds is 4. The number of carbonyl (C=O) groups is 1. The number of hydrogen-bond acceptors (Lipinski definition) is 2. The Morgan fingerprint density at radius 1 is 1.18 bits per heavy atom. The van der Waals surface area contributed by atoms with Crippen molar-refractivity contribution in [3.8, 4) is 11.8 Å². The molecule has 0 aliphatic heterocycles. The summed E-state index contributed by atoms with van der Waals surface area (Å²) in [5, 5.41) is 2.67. The van der Waals surface area contributed by atoms with Gasteiger partial charge in [-0.3, -0.25) is 4.79 Å². The average Bonchev–Trinajstić information content (AvgIpc) is 3.02. The maximum atomic E-state index is 12.7. The molecule has 0 aliphatic carbocycles. The van der Waals surface area contributed by atoms with Crippen LogP contribution in [0, 0.1) is 11.8 Å². The molecule has 28 heavy (non-hydrogen) atoms. The van der Waals surface area contributed by atoms with Crippen molar-refractivity contribution >= 4 is 16.9 Å². The molecule has 0 fully saturated rings. The van der Waals surface area contributed by atoms with Gasteiger partial charge in [0, 0.05) is 12.0 Å². The molecule has 4 nitrogen and oxygen atoms in total. The van der Waals surface area contributed by atoms with Gasteiger partial charge in [0.1, 0.15) is 12.4 Å². The zero-order valence-electron chi connectivity index (χ0n) is 15.2. The summed E-state index contributed by atoms with van der Waals surface area (Å²) in [6.45, 7) is 2.12. The molecule has 7 heteroatoms. The minimum Gasteiger partial charge on any atom is -0.344 e. The van der Waals surface area contributed by atoms with E-state index in [2.05, 4.69) is 22.1 Å². The molecule has 1 amide bonds. The van der Waals surface area contributed by atoms with Crippen LogP contribution in [0.5, 0.6) is 0 Å². The van der Waals surface area contributed by atoms with Crippen LogP contribution in [-0.4, -0.2) is 22.0 Å². The normalized spacial score (nSPS) is 11.1. The first-order valence-electron chi connectivity index (χ1n) is 8.75. The first kappa shape index (κ1) is 19.5. The second-order valence-corrected chi connectivity index (χ2v) is 6.11. The lowest BCUT2D eigenvalue weighted by atomic mass is 10.1. The van der Waals surface area contributed by atoms with Crippen molar-refractivity contribution in [1.29, 1.82) is 0 Å². The number of imidazole rings is 1. The number of halogens is 3. The number of aromatic nitrogens is 2. The summed E-state index contributed by atoms with van der Waals surface area (Å²) in [6.07, 6.45) is -3.71. The van der Waals surface area contributed by atoms with E-state index in [1.54, 1.807) is 0 Å². The van der Waals surface area contributed by atoms with Crippen molar-refractivity contribution in [3.05, 3.63) is 65.5 Å². The lowest BCUT2D eigenvalue weighted by Crippen LogP contribution is -2.28. The molecular weight excluding hydrogens is 367 g/mol. The predicted molar refractivity (Wildman–Crippen MR) is 100 cm³/mol. The fraction of sp³-hybridized carbons (Fsp3) is 0.238. The lowest BCUT2D eigenvalue weighted by Gasteiger charge is -2.07. The van der Waals surface area contributed by atoms with Crippen molar-refractivity contribution in [2.75, 3.05) is 6.54 Å². The molecule has 1 heterocycles. The summed E-state index contributed by atoms with van der Waals surface area (Å²) in [5.74, 6) is 5.89. The highest BCUT2D eigenvalue weighted by Gasteiger charge is 2.30. The summed E-state index contributed by atoms with van der Waals surface area (Å²) >= 11 is 0. The molecule has 3 rings (SSSR count). The summed E-state index contributed by atoms with van der Waals surface area (Å²) in [4.78, 5) is 16.8. The van der Waals surface area contributed by atoms with E-state index in [1.165, 1.54) is 12.1 Å². The molecule has 1 N–H and O–H groups in total. The van der Waals surface area contributed by atoms with E-state index in [0.29, 0.717) is 6.42 Å². The minimum absolute atomic E-state index is 0.0448. The molecule has 0 spiro atoms. The van der Waals surface area contributed by atoms with Crippen LogP contribution in [0.2, 0.25) is 0 Å². The highest BCUT2D eigenvalue weighted by molar-refractivity contribution is 5.81. The number of amides is 1. The van der Waals surface area contributed by atoms with Gasteiger partial charge in [-0.25, -0.2) is 4.98 Å². The van der Waals surface area contributed by atoms with Crippen LogP contribution >= 0.6 is 0 Å². The van der Waals surface area contributed by atoms with Crippen molar-refractivity contribution in [2.45, 2.75) is 26.1 Å². The third-order valence-electron chi connectivity index (χ3n) is 4.15. The SMILES string of the molecule is CCc1nc2ccccc2n1CC(=O)NCC#Cc1cccc(C(F)(F)F)c1. The van der Waals surface area contributed by atoms with Gasteiger partial charge in [0.2, 0.25) is 5.91 Å². The smallest absolute Gasteiger partial charge is 0.344 e. The Bertz CT molecular complexity index is 1060. The molecule has 1 aromatic heterocycles. The van der Waals surface area contributed by atoms with Crippen molar-refractivity contribution < 1.29 is 18.0 Å². The lowest BCUT2D eigenvalue weighted by molar-refractivity contribution is -0.137. The molecule has 0 bridgehead atoms. The van der Waals surface area contributed by atoms with Gasteiger partial charge in [-0.15, -0.1) is 0 Å². The molecule has 3 aromatic rings. The summed E-state index contributed by atoms with van der Waals surface area (Å²) < 4.78 is 40.0. The van der Waals surface area contributed by atoms with E-state index in [1.807, 2.05) is 35.8 Å². The van der Waals surface area contributed by atoms with E-state index >= 15 is 0 Å². The van der Waals surface area contributed by atoms with Crippen LogP contribution in [0.1, 0.15) is 23.9 Å². The maximum absolute atomic E-state index is 12.7. The van der Waals surface area contributed by atoms with E-state index in [-0.39, 0.29) is 24.6 Å². The predicted octanol–water partition coefficient (Wildman–Crippen LogP) is 3.79. The molecule has 0 saturated carbocycles. The van der Waals surface area contributed by atoms with Crippen molar-refractivity contribution in [1.82, 2.24) is 14.9 Å². The van der Waals surface area contributed by atoms with Crippen LogP contribution in [0.3, 0.4) is 0 Å². The molecule has 0 unspecified atom stereocenters. The second kappa shape index (κ2) is 8.17. The zero-order valence-corrected chi connectivity index (χ0v) is 15.2. The number of aryl methyl sites for hydroxylation is 1. The topological polar surface area (TPSA) is 46.9 Å². The van der Waals surface area contributed by atoms with Gasteiger partial charge in [0.25, 0.3) is 0 Å². The molecule has 0 aliphatic rings. The Balaban J connectivity index is 1.63. The van der Waals surface area contributed by atoms with Gasteiger partial charge >= 0.3 is 6.18 Å². The zero-order chi connectivity index (χ0) is 20.1. The quantitative estimate of drug-likeness (QED) is 0.695. The largest absolute Gasteiger partial charge is 0.416 e.